The number of methoxy groups -OCH3 is 1. The molecule has 0 saturated carbocycles. The minimum atomic E-state index is 0.736. The predicted octanol–water partition coefficient (Wildman–Crippen LogP) is 3.60. The highest BCUT2D eigenvalue weighted by Gasteiger charge is 2.11. The molecule has 0 spiro atoms. The summed E-state index contributed by atoms with van der Waals surface area (Å²) >= 11 is 0. The van der Waals surface area contributed by atoms with Crippen LogP contribution in [-0.2, 0) is 11.3 Å². The molecule has 0 aromatic heterocycles. The third-order valence-corrected chi connectivity index (χ3v) is 4.02. The lowest BCUT2D eigenvalue weighted by molar-refractivity contribution is 0.199. The van der Waals surface area contributed by atoms with Crippen molar-refractivity contribution in [1.82, 2.24) is 5.32 Å². The van der Waals surface area contributed by atoms with Crippen molar-refractivity contribution in [3.63, 3.8) is 0 Å². The molecular formula is C18H32N2O. The summed E-state index contributed by atoms with van der Waals surface area (Å²) < 4.78 is 5.05. The first-order valence-corrected chi connectivity index (χ1v) is 8.16. The van der Waals surface area contributed by atoms with E-state index in [1.807, 2.05) is 0 Å². The second kappa shape index (κ2) is 9.80. The van der Waals surface area contributed by atoms with E-state index in [0.29, 0.717) is 0 Å². The number of aryl methyl sites for hydroxylation is 1. The molecule has 1 aromatic carbocycles. The zero-order chi connectivity index (χ0) is 15.7. The zero-order valence-corrected chi connectivity index (χ0v) is 14.4. The minimum Gasteiger partial charge on any atom is -0.383 e. The van der Waals surface area contributed by atoms with Crippen molar-refractivity contribution in [2.45, 2.75) is 40.7 Å². The molecule has 1 aromatic rings. The predicted molar refractivity (Wildman–Crippen MR) is 92.1 cm³/mol. The lowest BCUT2D eigenvalue weighted by atomic mass is 10.1. The van der Waals surface area contributed by atoms with Crippen molar-refractivity contribution >= 4 is 5.69 Å². The molecule has 1 unspecified atom stereocenters. The van der Waals surface area contributed by atoms with Crippen LogP contribution in [0.25, 0.3) is 0 Å². The van der Waals surface area contributed by atoms with Crippen LogP contribution in [-0.4, -0.2) is 33.4 Å². The van der Waals surface area contributed by atoms with Gasteiger partial charge in [-0.2, -0.15) is 0 Å². The lowest BCUT2D eigenvalue weighted by Gasteiger charge is -2.28. The summed E-state index contributed by atoms with van der Waals surface area (Å²) in [6.07, 6.45) is 1.23. The normalized spacial score (nSPS) is 12.4. The van der Waals surface area contributed by atoms with Crippen LogP contribution in [0.2, 0.25) is 0 Å². The molecule has 120 valence electrons. The van der Waals surface area contributed by atoms with E-state index in [4.69, 9.17) is 4.74 Å². The van der Waals surface area contributed by atoms with Crippen molar-refractivity contribution in [2.24, 2.45) is 5.92 Å². The summed E-state index contributed by atoms with van der Waals surface area (Å²) in [5.41, 5.74) is 4.08. The summed E-state index contributed by atoms with van der Waals surface area (Å²) in [4.78, 5) is 2.49. The Hall–Kier alpha value is -1.06. The third kappa shape index (κ3) is 6.06. The zero-order valence-electron chi connectivity index (χ0n) is 14.4. The summed E-state index contributed by atoms with van der Waals surface area (Å²) in [5.74, 6) is 0.736. The SMILES string of the molecule is CCC(C)CN(CC)c1ccc(CNCCOC)cc1C. The topological polar surface area (TPSA) is 24.5 Å². The Labute approximate surface area is 130 Å². The van der Waals surface area contributed by atoms with E-state index in [2.05, 4.69) is 56.1 Å². The van der Waals surface area contributed by atoms with E-state index in [1.165, 1.54) is 23.2 Å². The van der Waals surface area contributed by atoms with Gasteiger partial charge in [-0.15, -0.1) is 0 Å². The average molecular weight is 292 g/mol. The molecule has 0 heterocycles. The van der Waals surface area contributed by atoms with Crippen LogP contribution in [0.15, 0.2) is 18.2 Å². The number of nitrogens with one attached hydrogen (secondary N) is 1. The van der Waals surface area contributed by atoms with Crippen molar-refractivity contribution in [3.8, 4) is 0 Å². The monoisotopic (exact) mass is 292 g/mol. The maximum absolute atomic E-state index is 5.05. The standard InChI is InChI=1S/C18H32N2O/c1-6-15(3)14-20(7-2)18-9-8-17(12-16(18)4)13-19-10-11-21-5/h8-9,12,15,19H,6-7,10-11,13-14H2,1-5H3. The van der Waals surface area contributed by atoms with Gasteiger partial charge in [0.15, 0.2) is 0 Å². The van der Waals surface area contributed by atoms with Gasteiger partial charge in [0, 0.05) is 39.0 Å². The van der Waals surface area contributed by atoms with Crippen LogP contribution >= 0.6 is 0 Å². The van der Waals surface area contributed by atoms with Crippen LogP contribution < -0.4 is 10.2 Å². The molecule has 1 atom stereocenters. The van der Waals surface area contributed by atoms with Gasteiger partial charge in [0.1, 0.15) is 0 Å². The molecule has 1 N–H and O–H groups in total. The van der Waals surface area contributed by atoms with Crippen molar-refractivity contribution in [1.29, 1.82) is 0 Å². The Morgan fingerprint density at radius 2 is 2.05 bits per heavy atom. The molecule has 0 aliphatic heterocycles. The van der Waals surface area contributed by atoms with Crippen LogP contribution in [0.5, 0.6) is 0 Å². The Morgan fingerprint density at radius 1 is 1.29 bits per heavy atom. The van der Waals surface area contributed by atoms with Gasteiger partial charge >= 0.3 is 0 Å². The fourth-order valence-corrected chi connectivity index (χ4v) is 2.49. The first kappa shape index (κ1) is 18.0. The smallest absolute Gasteiger partial charge is 0.0587 e. The molecule has 3 nitrogen and oxygen atoms in total. The number of ether oxygens (including phenoxy) is 1. The van der Waals surface area contributed by atoms with Crippen LogP contribution in [0, 0.1) is 12.8 Å². The maximum atomic E-state index is 5.05. The highest BCUT2D eigenvalue weighted by molar-refractivity contribution is 5.54. The Bertz CT molecular complexity index is 406. The summed E-state index contributed by atoms with van der Waals surface area (Å²) in [7, 11) is 1.73. The van der Waals surface area contributed by atoms with Gasteiger partial charge in [0.2, 0.25) is 0 Å². The second-order valence-electron chi connectivity index (χ2n) is 5.84. The van der Waals surface area contributed by atoms with E-state index in [9.17, 15) is 0 Å². The molecule has 0 aliphatic carbocycles. The number of benzene rings is 1. The van der Waals surface area contributed by atoms with Crippen LogP contribution in [0.3, 0.4) is 0 Å². The van der Waals surface area contributed by atoms with Gasteiger partial charge in [-0.1, -0.05) is 32.4 Å². The van der Waals surface area contributed by atoms with Gasteiger partial charge in [-0.05, 0) is 37.0 Å². The number of hydrogen-bond acceptors (Lipinski definition) is 3. The summed E-state index contributed by atoms with van der Waals surface area (Å²) in [6.45, 7) is 13.8. The summed E-state index contributed by atoms with van der Waals surface area (Å²) in [5, 5.41) is 3.40. The van der Waals surface area contributed by atoms with Gasteiger partial charge < -0.3 is 15.0 Å². The van der Waals surface area contributed by atoms with E-state index in [1.54, 1.807) is 7.11 Å². The van der Waals surface area contributed by atoms with E-state index >= 15 is 0 Å². The fraction of sp³-hybridized carbons (Fsp3) is 0.667. The lowest BCUT2D eigenvalue weighted by Crippen LogP contribution is -2.28. The highest BCUT2D eigenvalue weighted by atomic mass is 16.5. The molecule has 0 fully saturated rings. The Morgan fingerprint density at radius 3 is 2.62 bits per heavy atom. The quantitative estimate of drug-likeness (QED) is 0.667. The van der Waals surface area contributed by atoms with Gasteiger partial charge in [0.25, 0.3) is 0 Å². The van der Waals surface area contributed by atoms with Crippen LogP contribution in [0.1, 0.15) is 38.3 Å². The summed E-state index contributed by atoms with van der Waals surface area (Å²) in [6, 6.07) is 6.81. The molecule has 0 amide bonds. The molecule has 21 heavy (non-hydrogen) atoms. The minimum absolute atomic E-state index is 0.736. The molecule has 0 bridgehead atoms. The number of hydrogen-bond donors (Lipinski definition) is 1. The molecular weight excluding hydrogens is 260 g/mol. The molecule has 0 aliphatic rings. The van der Waals surface area contributed by atoms with Crippen LogP contribution in [0.4, 0.5) is 5.69 Å². The van der Waals surface area contributed by atoms with Gasteiger partial charge in [-0.25, -0.2) is 0 Å². The van der Waals surface area contributed by atoms with E-state index < -0.39 is 0 Å². The van der Waals surface area contributed by atoms with E-state index in [-0.39, 0.29) is 0 Å². The number of rotatable bonds is 10. The Balaban J connectivity index is 2.67. The first-order chi connectivity index (χ1) is 10.1. The van der Waals surface area contributed by atoms with Crippen molar-refractivity contribution < 1.29 is 4.74 Å². The van der Waals surface area contributed by atoms with Crippen molar-refractivity contribution in [2.75, 3.05) is 38.3 Å². The molecule has 1 rings (SSSR count). The number of anilines is 1. The third-order valence-electron chi connectivity index (χ3n) is 4.02. The fourth-order valence-electron chi connectivity index (χ4n) is 2.49. The molecule has 0 saturated heterocycles. The van der Waals surface area contributed by atoms with Crippen molar-refractivity contribution in [3.05, 3.63) is 29.3 Å². The second-order valence-corrected chi connectivity index (χ2v) is 5.84. The molecule has 3 heteroatoms. The van der Waals surface area contributed by atoms with E-state index in [0.717, 1.165) is 38.7 Å². The first-order valence-electron chi connectivity index (χ1n) is 8.16. The molecule has 0 radical (unpaired) electrons. The largest absolute Gasteiger partial charge is 0.383 e. The number of nitrogens with zero attached hydrogens (tertiary/aromatic N) is 1. The van der Waals surface area contributed by atoms with Gasteiger partial charge in [0.05, 0.1) is 6.61 Å². The Kier molecular flexibility index (Phi) is 8.40. The highest BCUT2D eigenvalue weighted by Crippen LogP contribution is 2.22. The maximum Gasteiger partial charge on any atom is 0.0587 e. The average Bonchev–Trinajstić information content (AvgIpc) is 2.49. The van der Waals surface area contributed by atoms with Gasteiger partial charge in [-0.3, -0.25) is 0 Å².